The van der Waals surface area contributed by atoms with E-state index in [0.29, 0.717) is 0 Å². The Bertz CT molecular complexity index is 185. The molecule has 0 amide bonds. The summed E-state index contributed by atoms with van der Waals surface area (Å²) in [6, 6.07) is -0.742. The Hall–Kier alpha value is -0.590. The van der Waals surface area contributed by atoms with Crippen LogP contribution in [0.1, 0.15) is 6.92 Å². The fourth-order valence-electron chi connectivity index (χ4n) is 0.602. The van der Waals surface area contributed by atoms with Gasteiger partial charge in [0.1, 0.15) is 6.04 Å². The number of aliphatic carboxylic acids is 1. The van der Waals surface area contributed by atoms with E-state index in [1.165, 1.54) is 14.0 Å². The van der Waals surface area contributed by atoms with E-state index in [2.05, 4.69) is 10.1 Å². The molecule has 1 atom stereocenters. The molecule has 6 heteroatoms. The summed E-state index contributed by atoms with van der Waals surface area (Å²) in [6.07, 6.45) is 0. The highest BCUT2D eigenvalue weighted by Gasteiger charge is 2.16. The van der Waals surface area contributed by atoms with Gasteiger partial charge in [0.2, 0.25) is 0 Å². The minimum atomic E-state index is -0.981. The van der Waals surface area contributed by atoms with Crippen molar-refractivity contribution in [3.05, 3.63) is 0 Å². The number of hydrogen-bond acceptors (Lipinski definition) is 5. The minimum absolute atomic E-state index is 0.0922. The summed E-state index contributed by atoms with van der Waals surface area (Å²) in [5.41, 5.74) is 0. The van der Waals surface area contributed by atoms with Gasteiger partial charge in [-0.15, -0.1) is 0 Å². The number of carbonyl (C=O) groups excluding carboxylic acids is 1. The molecule has 76 valence electrons. The third kappa shape index (κ3) is 6.56. The molecule has 0 radical (unpaired) electrons. The predicted molar refractivity (Wildman–Crippen MR) is 49.6 cm³/mol. The maximum Gasteiger partial charge on any atom is 0.321 e. The summed E-state index contributed by atoms with van der Waals surface area (Å²) >= 11 is 0.980. The lowest BCUT2D eigenvalue weighted by molar-refractivity contribution is -0.139. The lowest BCUT2D eigenvalue weighted by Crippen LogP contribution is -2.40. The molecule has 0 fully saturated rings. The first kappa shape index (κ1) is 12.4. The fraction of sp³-hybridized carbons (Fsp3) is 0.714. The number of methoxy groups -OCH3 is 1. The number of ether oxygens (including phenoxy) is 1. The Morgan fingerprint density at radius 1 is 1.62 bits per heavy atom. The van der Waals surface area contributed by atoms with Crippen LogP contribution in [0.5, 0.6) is 0 Å². The number of carboxylic acid groups (broad SMARTS) is 1. The first-order valence-electron chi connectivity index (χ1n) is 3.66. The summed E-state index contributed by atoms with van der Waals surface area (Å²) in [5.74, 6) is -0.764. The summed E-state index contributed by atoms with van der Waals surface area (Å²) in [6.45, 7) is 1.56. The van der Waals surface area contributed by atoms with Crippen molar-refractivity contribution in [2.45, 2.75) is 13.0 Å². The predicted octanol–water partition coefficient (Wildman–Crippen LogP) is -0.0872. The highest BCUT2D eigenvalue weighted by molar-refractivity contribution is 8.13. The zero-order valence-electron chi connectivity index (χ0n) is 7.57. The van der Waals surface area contributed by atoms with Gasteiger partial charge in [0.15, 0.2) is 5.12 Å². The van der Waals surface area contributed by atoms with Crippen LogP contribution in [0.2, 0.25) is 0 Å². The quantitative estimate of drug-likeness (QED) is 0.593. The van der Waals surface area contributed by atoms with Gasteiger partial charge in [0.05, 0.1) is 6.73 Å². The van der Waals surface area contributed by atoms with Crippen molar-refractivity contribution in [2.24, 2.45) is 0 Å². The lowest BCUT2D eigenvalue weighted by atomic mass is 10.3. The molecule has 5 nitrogen and oxygen atoms in total. The van der Waals surface area contributed by atoms with Gasteiger partial charge in [-0.25, -0.2) is 0 Å². The lowest BCUT2D eigenvalue weighted by Gasteiger charge is -2.11. The SMILES string of the molecule is COCNC(CSC(C)=O)C(=O)O. The van der Waals surface area contributed by atoms with Gasteiger partial charge in [-0.05, 0) is 0 Å². The van der Waals surface area contributed by atoms with Gasteiger partial charge in [0, 0.05) is 19.8 Å². The molecule has 0 aromatic rings. The van der Waals surface area contributed by atoms with Gasteiger partial charge >= 0.3 is 5.97 Å². The number of hydrogen-bond donors (Lipinski definition) is 2. The average molecular weight is 207 g/mol. The normalized spacial score (nSPS) is 12.5. The van der Waals surface area contributed by atoms with Crippen molar-refractivity contribution in [1.29, 1.82) is 0 Å². The van der Waals surface area contributed by atoms with Crippen LogP contribution in [-0.4, -0.2) is 41.8 Å². The highest BCUT2D eigenvalue weighted by Crippen LogP contribution is 2.03. The Morgan fingerprint density at radius 3 is 2.62 bits per heavy atom. The second-order valence-electron chi connectivity index (χ2n) is 2.33. The third-order valence-corrected chi connectivity index (χ3v) is 2.13. The Labute approximate surface area is 80.8 Å². The van der Waals surface area contributed by atoms with Crippen molar-refractivity contribution in [3.8, 4) is 0 Å². The molecule has 0 aliphatic carbocycles. The topological polar surface area (TPSA) is 75.6 Å². The monoisotopic (exact) mass is 207 g/mol. The van der Waals surface area contributed by atoms with Gasteiger partial charge in [0.25, 0.3) is 0 Å². The molecule has 0 rings (SSSR count). The van der Waals surface area contributed by atoms with Crippen molar-refractivity contribution in [2.75, 3.05) is 19.6 Å². The molecule has 13 heavy (non-hydrogen) atoms. The van der Waals surface area contributed by atoms with Crippen molar-refractivity contribution in [3.63, 3.8) is 0 Å². The van der Waals surface area contributed by atoms with Crippen LogP contribution in [0.4, 0.5) is 0 Å². The Balaban J connectivity index is 3.80. The first-order valence-corrected chi connectivity index (χ1v) is 4.65. The van der Waals surface area contributed by atoms with E-state index in [9.17, 15) is 9.59 Å². The van der Waals surface area contributed by atoms with E-state index in [1.807, 2.05) is 0 Å². The molecule has 0 saturated heterocycles. The third-order valence-electron chi connectivity index (χ3n) is 1.23. The van der Waals surface area contributed by atoms with Crippen LogP contribution in [0, 0.1) is 0 Å². The molecule has 0 aromatic heterocycles. The first-order chi connectivity index (χ1) is 6.07. The molecule has 0 saturated carbocycles. The van der Waals surface area contributed by atoms with E-state index >= 15 is 0 Å². The highest BCUT2D eigenvalue weighted by atomic mass is 32.2. The van der Waals surface area contributed by atoms with Crippen LogP contribution in [-0.2, 0) is 14.3 Å². The zero-order chi connectivity index (χ0) is 10.3. The van der Waals surface area contributed by atoms with Crippen LogP contribution < -0.4 is 5.32 Å². The summed E-state index contributed by atoms with van der Waals surface area (Å²) in [7, 11) is 1.46. The second kappa shape index (κ2) is 6.88. The Kier molecular flexibility index (Phi) is 6.56. The van der Waals surface area contributed by atoms with Crippen LogP contribution >= 0.6 is 11.8 Å². The van der Waals surface area contributed by atoms with E-state index in [1.54, 1.807) is 0 Å². The zero-order valence-corrected chi connectivity index (χ0v) is 8.39. The maximum absolute atomic E-state index is 10.6. The molecule has 1 unspecified atom stereocenters. The van der Waals surface area contributed by atoms with Crippen LogP contribution in [0.15, 0.2) is 0 Å². The van der Waals surface area contributed by atoms with Crippen molar-refractivity contribution < 1.29 is 19.4 Å². The number of carboxylic acids is 1. The van der Waals surface area contributed by atoms with Gasteiger partial charge in [-0.1, -0.05) is 11.8 Å². The van der Waals surface area contributed by atoms with Crippen LogP contribution in [0.3, 0.4) is 0 Å². The van der Waals surface area contributed by atoms with Gasteiger partial charge in [-0.2, -0.15) is 0 Å². The summed E-state index contributed by atoms with van der Waals surface area (Å²) < 4.78 is 4.66. The smallest absolute Gasteiger partial charge is 0.321 e. The number of thioether (sulfide) groups is 1. The minimum Gasteiger partial charge on any atom is -0.480 e. The second-order valence-corrected chi connectivity index (χ2v) is 3.53. The van der Waals surface area contributed by atoms with E-state index in [-0.39, 0.29) is 17.6 Å². The Morgan fingerprint density at radius 2 is 2.23 bits per heavy atom. The van der Waals surface area contributed by atoms with E-state index < -0.39 is 12.0 Å². The largest absolute Gasteiger partial charge is 0.480 e. The van der Waals surface area contributed by atoms with Crippen molar-refractivity contribution in [1.82, 2.24) is 5.32 Å². The molecule has 2 N–H and O–H groups in total. The number of carbonyl (C=O) groups is 2. The summed E-state index contributed by atoms with van der Waals surface area (Å²) in [4.78, 5) is 21.1. The van der Waals surface area contributed by atoms with E-state index in [4.69, 9.17) is 5.11 Å². The molecule has 0 spiro atoms. The van der Waals surface area contributed by atoms with Crippen molar-refractivity contribution >= 4 is 22.8 Å². The molecule has 0 aliphatic heterocycles. The maximum atomic E-state index is 10.6. The fourth-order valence-corrected chi connectivity index (χ4v) is 1.26. The molecule has 0 bridgehead atoms. The summed E-state index contributed by atoms with van der Waals surface area (Å²) in [5, 5.41) is 11.2. The van der Waals surface area contributed by atoms with Gasteiger partial charge in [-0.3, -0.25) is 14.9 Å². The number of nitrogens with one attached hydrogen (secondary N) is 1. The molecule has 0 heterocycles. The average Bonchev–Trinajstić information content (AvgIpc) is 2.03. The van der Waals surface area contributed by atoms with Gasteiger partial charge < -0.3 is 9.84 Å². The molecular formula is C7H13NO4S. The molecular weight excluding hydrogens is 194 g/mol. The molecule has 0 aromatic carbocycles. The number of rotatable bonds is 6. The van der Waals surface area contributed by atoms with Crippen LogP contribution in [0.25, 0.3) is 0 Å². The van der Waals surface area contributed by atoms with E-state index in [0.717, 1.165) is 11.8 Å². The molecule has 0 aliphatic rings. The standard InChI is InChI=1S/C7H13NO4S/c1-5(9)13-3-6(7(10)11)8-4-12-2/h6,8H,3-4H2,1-2H3,(H,10,11).